The number of nitrogens with zero attached hydrogens (tertiary/aromatic N) is 4. The second-order valence-electron chi connectivity index (χ2n) is 8.03. The highest BCUT2D eigenvalue weighted by Gasteiger charge is 2.42. The van der Waals surface area contributed by atoms with E-state index in [0.717, 1.165) is 55.3 Å². The number of piperazine rings is 1. The van der Waals surface area contributed by atoms with Crippen LogP contribution in [0, 0.1) is 22.0 Å². The van der Waals surface area contributed by atoms with Crippen molar-refractivity contribution in [2.45, 2.75) is 31.7 Å². The largest absolute Gasteiger partial charge is 0.367 e. The van der Waals surface area contributed by atoms with Crippen LogP contribution in [-0.4, -0.2) is 47.0 Å². The van der Waals surface area contributed by atoms with Crippen molar-refractivity contribution in [1.82, 2.24) is 9.88 Å². The molecule has 2 bridgehead atoms. The van der Waals surface area contributed by atoms with E-state index >= 15 is 0 Å². The first-order valence-corrected chi connectivity index (χ1v) is 9.72. The number of anilines is 1. The summed E-state index contributed by atoms with van der Waals surface area (Å²) >= 11 is 0. The fourth-order valence-corrected chi connectivity index (χ4v) is 5.51. The summed E-state index contributed by atoms with van der Waals surface area (Å²) in [6.45, 7) is 4.10. The fourth-order valence-electron chi connectivity index (χ4n) is 5.51. The van der Waals surface area contributed by atoms with Crippen molar-refractivity contribution < 1.29 is 4.92 Å². The Hall–Kier alpha value is -2.21. The molecule has 1 aromatic carbocycles. The van der Waals surface area contributed by atoms with Crippen molar-refractivity contribution in [3.8, 4) is 0 Å². The van der Waals surface area contributed by atoms with Crippen molar-refractivity contribution in [3.05, 3.63) is 40.6 Å². The Labute approximate surface area is 153 Å². The number of hydrogen-bond donors (Lipinski definition) is 0. The Bertz CT molecular complexity index is 847. The molecule has 26 heavy (non-hydrogen) atoms. The van der Waals surface area contributed by atoms with Crippen LogP contribution >= 0.6 is 0 Å². The molecule has 2 saturated carbocycles. The molecule has 5 rings (SSSR count). The Balaban J connectivity index is 1.37. The van der Waals surface area contributed by atoms with Crippen LogP contribution in [0.5, 0.6) is 0 Å². The number of pyridine rings is 1. The van der Waals surface area contributed by atoms with Gasteiger partial charge < -0.3 is 4.90 Å². The summed E-state index contributed by atoms with van der Waals surface area (Å²) < 4.78 is 0. The van der Waals surface area contributed by atoms with Crippen LogP contribution in [0.4, 0.5) is 11.4 Å². The number of hydrogen-bond acceptors (Lipinski definition) is 5. The molecule has 6 heteroatoms. The highest BCUT2D eigenvalue weighted by Crippen LogP contribution is 2.46. The fraction of sp³-hybridized carbons (Fsp3) is 0.550. The van der Waals surface area contributed by atoms with Gasteiger partial charge in [0.15, 0.2) is 0 Å². The molecule has 1 aliphatic heterocycles. The average molecular weight is 352 g/mol. The highest BCUT2D eigenvalue weighted by atomic mass is 16.6. The van der Waals surface area contributed by atoms with E-state index < -0.39 is 0 Å². The molecule has 3 atom stereocenters. The summed E-state index contributed by atoms with van der Waals surface area (Å²) in [7, 11) is 0. The zero-order chi connectivity index (χ0) is 17.7. The average Bonchev–Trinajstić information content (AvgIpc) is 3.31. The van der Waals surface area contributed by atoms with Crippen molar-refractivity contribution in [2.75, 3.05) is 31.1 Å². The molecule has 0 amide bonds. The summed E-state index contributed by atoms with van der Waals surface area (Å²) in [6.07, 6.45) is 7.43. The van der Waals surface area contributed by atoms with Gasteiger partial charge in [-0.2, -0.15) is 0 Å². The van der Waals surface area contributed by atoms with Gasteiger partial charge in [-0.25, -0.2) is 0 Å². The number of benzene rings is 1. The Morgan fingerprint density at radius 2 is 1.92 bits per heavy atom. The van der Waals surface area contributed by atoms with Gasteiger partial charge in [0.2, 0.25) is 0 Å². The maximum Gasteiger partial charge on any atom is 0.278 e. The smallest absolute Gasteiger partial charge is 0.278 e. The monoisotopic (exact) mass is 352 g/mol. The van der Waals surface area contributed by atoms with Crippen LogP contribution in [0.25, 0.3) is 10.9 Å². The van der Waals surface area contributed by atoms with E-state index in [0.29, 0.717) is 5.39 Å². The molecule has 136 valence electrons. The summed E-state index contributed by atoms with van der Waals surface area (Å²) in [5.41, 5.74) is 1.91. The standard InChI is InChI=1S/C20H24N4O2/c25-24(26)17-5-6-18(20-16(17)2-1-7-21-20)22-8-10-23(11-9-22)19-13-14-3-4-15(19)12-14/h1-2,5-7,14-15,19H,3-4,8-13H2. The summed E-state index contributed by atoms with van der Waals surface area (Å²) in [5, 5.41) is 11.9. The third kappa shape index (κ3) is 2.55. The summed E-state index contributed by atoms with van der Waals surface area (Å²) in [5.74, 6) is 1.90. The zero-order valence-corrected chi connectivity index (χ0v) is 14.9. The number of rotatable bonds is 3. The number of nitro benzene ring substituents is 1. The number of fused-ring (bicyclic) bond motifs is 3. The van der Waals surface area contributed by atoms with Crippen LogP contribution in [0.1, 0.15) is 25.7 Å². The molecule has 3 aliphatic rings. The van der Waals surface area contributed by atoms with Crippen LogP contribution < -0.4 is 4.90 Å². The maximum atomic E-state index is 11.3. The first kappa shape index (κ1) is 16.0. The van der Waals surface area contributed by atoms with Crippen molar-refractivity contribution in [2.24, 2.45) is 11.8 Å². The van der Waals surface area contributed by atoms with E-state index in [1.165, 1.54) is 25.7 Å². The third-order valence-electron chi connectivity index (χ3n) is 6.75. The third-order valence-corrected chi connectivity index (χ3v) is 6.75. The second-order valence-corrected chi connectivity index (χ2v) is 8.03. The lowest BCUT2D eigenvalue weighted by atomic mass is 9.93. The van der Waals surface area contributed by atoms with Crippen molar-refractivity contribution >= 4 is 22.3 Å². The molecule has 2 heterocycles. The van der Waals surface area contributed by atoms with E-state index in [2.05, 4.69) is 14.8 Å². The molecule has 0 N–H and O–H groups in total. The van der Waals surface area contributed by atoms with Gasteiger partial charge in [0.1, 0.15) is 5.52 Å². The van der Waals surface area contributed by atoms with E-state index in [9.17, 15) is 10.1 Å². The first-order chi connectivity index (χ1) is 12.7. The van der Waals surface area contributed by atoms with Crippen LogP contribution in [0.3, 0.4) is 0 Å². The number of nitro groups is 1. The minimum Gasteiger partial charge on any atom is -0.367 e. The highest BCUT2D eigenvalue weighted by molar-refractivity contribution is 5.97. The number of aromatic nitrogens is 1. The van der Waals surface area contributed by atoms with Crippen LogP contribution in [-0.2, 0) is 0 Å². The Morgan fingerprint density at radius 3 is 2.62 bits per heavy atom. The van der Waals surface area contributed by atoms with Crippen LogP contribution in [0.15, 0.2) is 30.5 Å². The summed E-state index contributed by atoms with van der Waals surface area (Å²) in [6, 6.07) is 7.87. The molecule has 0 radical (unpaired) electrons. The normalized spacial score (nSPS) is 28.8. The molecule has 3 fully saturated rings. The van der Waals surface area contributed by atoms with Gasteiger partial charge in [-0.05, 0) is 49.3 Å². The molecular formula is C20H24N4O2. The second kappa shape index (κ2) is 6.20. The minimum atomic E-state index is -0.319. The molecule has 2 aromatic rings. The molecule has 0 spiro atoms. The Morgan fingerprint density at radius 1 is 1.08 bits per heavy atom. The van der Waals surface area contributed by atoms with Gasteiger partial charge in [-0.3, -0.25) is 20.0 Å². The van der Waals surface area contributed by atoms with E-state index in [1.807, 2.05) is 6.07 Å². The zero-order valence-electron chi connectivity index (χ0n) is 14.9. The van der Waals surface area contributed by atoms with E-state index in [4.69, 9.17) is 0 Å². The predicted molar refractivity (Wildman–Crippen MR) is 101 cm³/mol. The van der Waals surface area contributed by atoms with Gasteiger partial charge >= 0.3 is 0 Å². The molecule has 1 saturated heterocycles. The minimum absolute atomic E-state index is 0.137. The van der Waals surface area contributed by atoms with E-state index in [1.54, 1.807) is 24.4 Å². The van der Waals surface area contributed by atoms with Crippen molar-refractivity contribution in [3.63, 3.8) is 0 Å². The molecule has 6 nitrogen and oxygen atoms in total. The lowest BCUT2D eigenvalue weighted by Gasteiger charge is -2.41. The topological polar surface area (TPSA) is 62.5 Å². The van der Waals surface area contributed by atoms with Gasteiger partial charge in [0.25, 0.3) is 5.69 Å². The number of non-ortho nitro benzene ring substituents is 1. The lowest BCUT2D eigenvalue weighted by Crippen LogP contribution is -2.51. The molecule has 3 unspecified atom stereocenters. The maximum absolute atomic E-state index is 11.3. The van der Waals surface area contributed by atoms with Crippen LogP contribution in [0.2, 0.25) is 0 Å². The first-order valence-electron chi connectivity index (χ1n) is 9.72. The van der Waals surface area contributed by atoms with Gasteiger partial charge in [-0.15, -0.1) is 0 Å². The van der Waals surface area contributed by atoms with Gasteiger partial charge in [0, 0.05) is 44.5 Å². The molecular weight excluding hydrogens is 328 g/mol. The van der Waals surface area contributed by atoms with Gasteiger partial charge in [0.05, 0.1) is 16.0 Å². The predicted octanol–water partition coefficient (Wildman–Crippen LogP) is 3.45. The quantitative estimate of drug-likeness (QED) is 0.625. The summed E-state index contributed by atoms with van der Waals surface area (Å²) in [4.78, 5) is 20.5. The van der Waals surface area contributed by atoms with Gasteiger partial charge in [-0.1, -0.05) is 6.42 Å². The van der Waals surface area contributed by atoms with Crippen molar-refractivity contribution in [1.29, 1.82) is 0 Å². The Kier molecular flexibility index (Phi) is 3.81. The molecule has 2 aliphatic carbocycles. The SMILES string of the molecule is O=[N+]([O-])c1ccc(N2CCN(C3CC4CCC3C4)CC2)c2ncccc12. The van der Waals surface area contributed by atoms with E-state index in [-0.39, 0.29) is 10.6 Å². The lowest BCUT2D eigenvalue weighted by molar-refractivity contribution is -0.383. The molecule has 1 aromatic heterocycles.